The van der Waals surface area contributed by atoms with Crippen LogP contribution in [-0.4, -0.2) is 166 Å². The van der Waals surface area contributed by atoms with Gasteiger partial charge in [0.05, 0.1) is 33.9 Å². The van der Waals surface area contributed by atoms with E-state index in [0.29, 0.717) is 50.1 Å². The number of allylic oxidation sites excluding steroid dienone is 3. The summed E-state index contributed by atoms with van der Waals surface area (Å²) in [6.45, 7) is 18.5. The monoisotopic (exact) mass is 1450 g/mol. The quantitative estimate of drug-likeness (QED) is 0.0243. The lowest BCUT2D eigenvalue weighted by Gasteiger charge is -2.39. The number of rotatable bonds is 27. The average molecular weight is 1450 g/mol. The van der Waals surface area contributed by atoms with Crippen LogP contribution in [0.25, 0.3) is 5.57 Å². The molecule has 2 aliphatic heterocycles. The van der Waals surface area contributed by atoms with Crippen LogP contribution in [0.4, 0.5) is 24.5 Å². The molecule has 2 saturated heterocycles. The molecule has 98 heavy (non-hydrogen) atoms. The number of aliphatic hydroxyl groups excluding tert-OH is 1. The largest absolute Gasteiger partial charge is 0.501 e. The lowest BCUT2D eigenvalue weighted by atomic mass is 9.73. The van der Waals surface area contributed by atoms with Gasteiger partial charge in [-0.1, -0.05) is 100 Å². The summed E-state index contributed by atoms with van der Waals surface area (Å²) in [4.78, 5) is 67.6. The van der Waals surface area contributed by atoms with Gasteiger partial charge in [-0.25, -0.2) is 26.5 Å². The summed E-state index contributed by atoms with van der Waals surface area (Å²) in [5.41, 5.74) is 1.62. The van der Waals surface area contributed by atoms with Crippen molar-refractivity contribution in [2.24, 2.45) is 10.8 Å². The zero-order valence-electron chi connectivity index (χ0n) is 56.8. The van der Waals surface area contributed by atoms with Crippen LogP contribution in [-0.2, 0) is 34.2 Å². The van der Waals surface area contributed by atoms with Crippen molar-refractivity contribution in [1.29, 1.82) is 0 Å². The maximum atomic E-state index is 14.6. The van der Waals surface area contributed by atoms with E-state index in [4.69, 9.17) is 11.6 Å². The number of anilines is 2. The summed E-state index contributed by atoms with van der Waals surface area (Å²) < 4.78 is 100. The number of amides is 4. The van der Waals surface area contributed by atoms with Crippen molar-refractivity contribution in [3.8, 4) is 0 Å². The molecular weight excluding hydrogens is 1360 g/mol. The van der Waals surface area contributed by atoms with E-state index < -0.39 is 88.2 Å². The molecule has 3 heterocycles. The number of halogens is 4. The molecule has 2 fully saturated rings. The second-order valence-electron chi connectivity index (χ2n) is 28.0. The van der Waals surface area contributed by atoms with E-state index >= 15 is 0 Å². The highest BCUT2D eigenvalue weighted by molar-refractivity contribution is 7.99. The molecule has 5 N–H and O–H groups in total. The Balaban J connectivity index is 0.785. The van der Waals surface area contributed by atoms with Gasteiger partial charge in [-0.15, -0.1) is 23.1 Å². The number of nitrogens with zero attached hydrogens (tertiary/aromatic N) is 5. The van der Waals surface area contributed by atoms with Crippen molar-refractivity contribution in [3.05, 3.63) is 159 Å². The van der Waals surface area contributed by atoms with Crippen molar-refractivity contribution >= 4 is 95.1 Å². The zero-order chi connectivity index (χ0) is 70.9. The Kier molecular flexibility index (Phi) is 25.0. The van der Waals surface area contributed by atoms with Crippen LogP contribution < -0.4 is 25.6 Å². The number of hydrogen-bond acceptors (Lipinski definition) is 16. The van der Waals surface area contributed by atoms with Gasteiger partial charge in [0.25, 0.3) is 25.8 Å². The second kappa shape index (κ2) is 32.4. The van der Waals surface area contributed by atoms with Gasteiger partial charge in [0, 0.05) is 95.9 Å². The topological polar surface area (TPSA) is 231 Å². The Morgan fingerprint density at radius 1 is 0.908 bits per heavy atom. The van der Waals surface area contributed by atoms with Crippen LogP contribution in [0.15, 0.2) is 147 Å². The first-order valence-electron chi connectivity index (χ1n) is 33.3. The van der Waals surface area contributed by atoms with Crippen LogP contribution in [0.5, 0.6) is 0 Å². The van der Waals surface area contributed by atoms with Crippen molar-refractivity contribution in [3.63, 3.8) is 0 Å². The van der Waals surface area contributed by atoms with E-state index in [2.05, 4.69) is 68.9 Å². The number of sulfonamides is 1. The van der Waals surface area contributed by atoms with E-state index in [1.165, 1.54) is 50.4 Å². The number of hydrogen-bond donors (Lipinski definition) is 5. The normalized spacial score (nSPS) is 19.6. The summed E-state index contributed by atoms with van der Waals surface area (Å²) >= 11 is 9.21. The lowest BCUT2D eigenvalue weighted by Crippen LogP contribution is -2.58. The summed E-state index contributed by atoms with van der Waals surface area (Å²) in [5, 5.41) is 20.5. The molecule has 26 heteroatoms. The molecule has 0 spiro atoms. The third-order valence-electron chi connectivity index (χ3n) is 18.7. The van der Waals surface area contributed by atoms with Gasteiger partial charge in [0.2, 0.25) is 17.7 Å². The highest BCUT2D eigenvalue weighted by Gasteiger charge is 2.49. The van der Waals surface area contributed by atoms with Crippen molar-refractivity contribution in [1.82, 2.24) is 35.0 Å². The fraction of sp³-hybridized carbons (Fsp3) is 0.486. The van der Waals surface area contributed by atoms with Crippen LogP contribution >= 0.6 is 34.7 Å². The molecule has 4 aliphatic rings. The number of aromatic nitrogens is 1. The molecule has 18 nitrogen and oxygen atoms in total. The van der Waals surface area contributed by atoms with Gasteiger partial charge in [-0.3, -0.25) is 24.1 Å². The fourth-order valence-electron chi connectivity index (χ4n) is 13.0. The van der Waals surface area contributed by atoms with Gasteiger partial charge in [-0.05, 0) is 173 Å². The molecule has 5 aromatic rings. The predicted octanol–water partition coefficient (Wildman–Crippen LogP) is 12.0. The van der Waals surface area contributed by atoms with E-state index in [-0.39, 0.29) is 60.4 Å². The van der Waals surface area contributed by atoms with Gasteiger partial charge >= 0.3 is 5.51 Å². The first kappa shape index (κ1) is 75.6. The third-order valence-corrected chi connectivity index (χ3v) is 24.1. The molecule has 4 aromatic carbocycles. The first-order chi connectivity index (χ1) is 46.2. The Labute approximate surface area is 588 Å². The molecule has 1 aromatic heterocycles. The molecule has 9 rings (SSSR count). The zero-order valence-corrected chi connectivity index (χ0v) is 60.9. The molecule has 4 amide bonds. The molecule has 0 radical (unpaired) electrons. The number of aryl methyl sites for hydroxylation is 1. The Hall–Kier alpha value is -6.58. The molecule has 0 saturated carbocycles. The van der Waals surface area contributed by atoms with Gasteiger partial charge in [0.1, 0.15) is 17.0 Å². The number of piperazine rings is 1. The number of carbonyl (C=O) groups is 4. The second-order valence-corrected chi connectivity index (χ2v) is 34.0. The number of likely N-dealkylation sites (tertiary alicyclic amines) is 1. The number of alkyl halides is 3. The smallest absolute Gasteiger partial charge is 0.391 e. The van der Waals surface area contributed by atoms with E-state index in [9.17, 15) is 54.3 Å². The van der Waals surface area contributed by atoms with Crippen LogP contribution in [0.3, 0.4) is 0 Å². The van der Waals surface area contributed by atoms with Gasteiger partial charge < -0.3 is 35.8 Å². The molecule has 1 unspecified atom stereocenters. The highest BCUT2D eigenvalue weighted by Crippen LogP contribution is 2.44. The van der Waals surface area contributed by atoms with E-state index in [1.807, 2.05) is 105 Å². The minimum atomic E-state index is -6.19. The van der Waals surface area contributed by atoms with Gasteiger partial charge in [0.15, 0.2) is 0 Å². The standard InChI is InChI=1S/C72H91ClF3N9O9S4/c1-47(49-17-19-51(20-18-49)65-48(2)77-46-96-65)78-68(89)62-40-57(86)44-85(62)69(90)66(70(3,4)5)80-64(87)16-12-13-34-82(8)35-32-55(45-95-58-14-10-9-11-15-58)79-61-30-29-59(41-63(61)97(91,92)72(74,75)76)98(93,94)81-67(88)52-23-27-56(28-24-52)84-38-36-83(37-39-84)43-53-42-71(6,7)33-31-60(53)50-21-25-54(73)26-22-50/h9-11,14-15,17-19,21-30,41,46-47,51,55,57,62,66,79,86H,12-13,16,20,31-40,42-45H2,1-8H3,(H,78,89)(H,80,87)(H,81,88)/t47-,51?,55+,57+,62-,66+/m0/s1. The maximum absolute atomic E-state index is 14.6. The molecule has 2 aliphatic carbocycles. The maximum Gasteiger partial charge on any atom is 0.501 e. The number of thioether (sulfide) groups is 1. The summed E-state index contributed by atoms with van der Waals surface area (Å²) in [7, 11) is -9.31. The number of sulfone groups is 1. The van der Waals surface area contributed by atoms with Gasteiger partial charge in [-0.2, -0.15) is 13.2 Å². The Morgan fingerprint density at radius 3 is 2.26 bits per heavy atom. The minimum absolute atomic E-state index is 0.0419. The predicted molar refractivity (Wildman–Crippen MR) is 383 cm³/mol. The lowest BCUT2D eigenvalue weighted by molar-refractivity contribution is -0.144. The number of nitrogens with one attached hydrogen (secondary N) is 4. The van der Waals surface area contributed by atoms with Crippen molar-refractivity contribution in [2.45, 2.75) is 163 Å². The molecule has 6 atom stereocenters. The SMILES string of the molecule is Cc1ncsc1C1C=CC([C@H](C)NC(=O)[C@@H]2C[C@@H](O)CN2C(=O)[C@@H](NC(=O)CCCCN(C)CC[C@H](CSc2ccccc2)Nc2ccc(S(=O)(=O)NC(=O)c3ccc(N4CCN(CC5=C(c6ccc(Cl)cc6)CCC(C)(C)C5)CC4)cc3)cc2S(=O)(=O)C(F)(F)F)C(C)(C)C)=CC1. The average Bonchev–Trinajstić information content (AvgIpc) is 0.927. The third kappa shape index (κ3) is 19.7. The van der Waals surface area contributed by atoms with Crippen LogP contribution in [0.2, 0.25) is 5.02 Å². The molecule has 0 bridgehead atoms. The number of benzene rings is 4. The summed E-state index contributed by atoms with van der Waals surface area (Å²) in [5.74, 6) is -1.89. The molecule has 530 valence electrons. The Morgan fingerprint density at radius 2 is 1.61 bits per heavy atom. The highest BCUT2D eigenvalue weighted by atomic mass is 35.5. The number of aliphatic hydroxyl groups is 1. The number of unbranched alkanes of at least 4 members (excludes halogenated alkanes) is 1. The van der Waals surface area contributed by atoms with E-state index in [0.717, 1.165) is 79.3 Å². The van der Waals surface area contributed by atoms with Crippen molar-refractivity contribution in [2.75, 3.05) is 75.4 Å². The Bertz CT molecular complexity index is 3970. The van der Waals surface area contributed by atoms with Crippen LogP contribution in [0, 0.1) is 17.8 Å². The van der Waals surface area contributed by atoms with Crippen LogP contribution in [0.1, 0.15) is 132 Å². The fourth-order valence-corrected chi connectivity index (χ4v) is 17.1. The summed E-state index contributed by atoms with van der Waals surface area (Å²) in [6.07, 6.45) is 10.4. The number of carbonyl (C=O) groups excluding carboxylic acids is 4. The molecular formula is C72H91ClF3N9O9S4. The summed E-state index contributed by atoms with van der Waals surface area (Å²) in [6, 6.07) is 22.9. The first-order valence-corrected chi connectivity index (χ1v) is 38.5. The van der Waals surface area contributed by atoms with Crippen molar-refractivity contribution < 1.29 is 54.3 Å². The minimum Gasteiger partial charge on any atom is -0.391 e. The number of β-amino-alcohol motifs (C(OH)–C–C–N with tert-alkyl or cyclic N) is 1. The van der Waals surface area contributed by atoms with E-state index in [1.54, 1.807) is 23.5 Å². The number of thiazole rings is 1.